The summed E-state index contributed by atoms with van der Waals surface area (Å²) >= 11 is 1.34. The van der Waals surface area contributed by atoms with E-state index >= 15 is 0 Å². The van der Waals surface area contributed by atoms with Gasteiger partial charge in [0.2, 0.25) is 0 Å². The molecule has 8 heteroatoms. The highest BCUT2D eigenvalue weighted by atomic mass is 32.2. The molecule has 0 heterocycles. The first-order valence-electron chi connectivity index (χ1n) is 12.5. The van der Waals surface area contributed by atoms with Crippen molar-refractivity contribution in [2.75, 3.05) is 17.7 Å². The molecule has 0 saturated carbocycles. The molecular weight excluding hydrogens is 527 g/mol. The number of anilines is 1. The number of amides is 2. The van der Waals surface area contributed by atoms with Gasteiger partial charge in [-0.3, -0.25) is 14.4 Å². The van der Waals surface area contributed by atoms with E-state index in [0.29, 0.717) is 34.7 Å². The number of Topliss-reactive ketones (excluding diaryl/α,β-unsaturated/α-hetero) is 1. The van der Waals surface area contributed by atoms with Gasteiger partial charge in [0.25, 0.3) is 11.8 Å². The Morgan fingerprint density at radius 1 is 0.825 bits per heavy atom. The summed E-state index contributed by atoms with van der Waals surface area (Å²) in [7, 11) is 0. The summed E-state index contributed by atoms with van der Waals surface area (Å²) in [5.41, 5.74) is 2.17. The van der Waals surface area contributed by atoms with E-state index in [9.17, 15) is 18.8 Å². The average molecular weight is 555 g/mol. The second-order valence-corrected chi connectivity index (χ2v) is 9.63. The molecule has 202 valence electrons. The first-order valence-corrected chi connectivity index (χ1v) is 13.5. The quantitative estimate of drug-likeness (QED) is 0.124. The van der Waals surface area contributed by atoms with Gasteiger partial charge in [-0.1, -0.05) is 30.3 Å². The lowest BCUT2D eigenvalue weighted by Crippen LogP contribution is -2.30. The maximum Gasteiger partial charge on any atom is 0.272 e. The Morgan fingerprint density at radius 3 is 2.15 bits per heavy atom. The van der Waals surface area contributed by atoms with Gasteiger partial charge in [0.15, 0.2) is 5.78 Å². The Labute approximate surface area is 236 Å². The van der Waals surface area contributed by atoms with Crippen LogP contribution in [0.3, 0.4) is 0 Å². The van der Waals surface area contributed by atoms with Gasteiger partial charge in [-0.25, -0.2) is 4.39 Å². The molecular formula is C32H27FN2O4S. The molecule has 0 spiro atoms. The lowest BCUT2D eigenvalue weighted by atomic mass is 10.1. The van der Waals surface area contributed by atoms with Crippen LogP contribution in [-0.4, -0.2) is 30.0 Å². The molecule has 4 aromatic carbocycles. The summed E-state index contributed by atoms with van der Waals surface area (Å²) < 4.78 is 18.6. The molecule has 6 nitrogen and oxygen atoms in total. The second-order valence-electron chi connectivity index (χ2n) is 8.58. The first kappa shape index (κ1) is 28.3. The van der Waals surface area contributed by atoms with E-state index in [1.807, 2.05) is 6.92 Å². The van der Waals surface area contributed by atoms with Crippen LogP contribution < -0.4 is 15.4 Å². The molecule has 0 aliphatic heterocycles. The highest BCUT2D eigenvalue weighted by Crippen LogP contribution is 2.22. The number of thioether (sulfide) groups is 1. The van der Waals surface area contributed by atoms with Crippen molar-refractivity contribution in [3.8, 4) is 5.75 Å². The van der Waals surface area contributed by atoms with Gasteiger partial charge in [0, 0.05) is 21.7 Å². The van der Waals surface area contributed by atoms with Crippen LogP contribution in [0.1, 0.15) is 33.2 Å². The summed E-state index contributed by atoms with van der Waals surface area (Å²) in [6, 6.07) is 28.3. The van der Waals surface area contributed by atoms with Crippen molar-refractivity contribution < 1.29 is 23.5 Å². The van der Waals surface area contributed by atoms with E-state index in [0.717, 1.165) is 4.90 Å². The maximum atomic E-state index is 13.2. The van der Waals surface area contributed by atoms with Crippen molar-refractivity contribution in [1.82, 2.24) is 5.32 Å². The lowest BCUT2D eigenvalue weighted by Gasteiger charge is -2.12. The Kier molecular flexibility index (Phi) is 9.85. The van der Waals surface area contributed by atoms with Crippen molar-refractivity contribution in [3.63, 3.8) is 0 Å². The van der Waals surface area contributed by atoms with Crippen molar-refractivity contribution >= 4 is 41.1 Å². The highest BCUT2D eigenvalue weighted by molar-refractivity contribution is 8.00. The zero-order valence-corrected chi connectivity index (χ0v) is 22.5. The summed E-state index contributed by atoms with van der Waals surface area (Å²) in [5.74, 6) is -0.510. The molecule has 0 bridgehead atoms. The fourth-order valence-electron chi connectivity index (χ4n) is 3.64. The van der Waals surface area contributed by atoms with Crippen molar-refractivity contribution in [2.45, 2.75) is 11.8 Å². The molecule has 0 radical (unpaired) electrons. The van der Waals surface area contributed by atoms with E-state index in [-0.39, 0.29) is 23.1 Å². The second kappa shape index (κ2) is 13.9. The molecule has 0 saturated heterocycles. The molecule has 0 aliphatic carbocycles. The number of rotatable bonds is 11. The van der Waals surface area contributed by atoms with Crippen LogP contribution in [0.15, 0.2) is 114 Å². The van der Waals surface area contributed by atoms with Gasteiger partial charge >= 0.3 is 0 Å². The molecule has 2 N–H and O–H groups in total. The minimum absolute atomic E-state index is 0.0707. The molecule has 0 unspecified atom stereocenters. The topological polar surface area (TPSA) is 84.5 Å². The minimum atomic E-state index is -0.495. The van der Waals surface area contributed by atoms with E-state index < -0.39 is 11.8 Å². The largest absolute Gasteiger partial charge is 0.494 e. The lowest BCUT2D eigenvalue weighted by molar-refractivity contribution is -0.113. The Bertz CT molecular complexity index is 1490. The molecule has 0 atom stereocenters. The Morgan fingerprint density at radius 2 is 1.50 bits per heavy atom. The number of hydrogen-bond donors (Lipinski definition) is 2. The molecule has 4 aromatic rings. The molecule has 4 rings (SSSR count). The third kappa shape index (κ3) is 8.15. The number of ketones is 1. The van der Waals surface area contributed by atoms with Crippen LogP contribution in [0, 0.1) is 5.82 Å². The third-order valence-corrected chi connectivity index (χ3v) is 6.69. The number of benzene rings is 4. The van der Waals surface area contributed by atoms with Crippen molar-refractivity contribution in [2.24, 2.45) is 0 Å². The molecule has 40 heavy (non-hydrogen) atoms. The maximum absolute atomic E-state index is 13.2. The van der Waals surface area contributed by atoms with Crippen LogP contribution in [0.25, 0.3) is 6.08 Å². The van der Waals surface area contributed by atoms with Gasteiger partial charge in [-0.15, -0.1) is 11.8 Å². The van der Waals surface area contributed by atoms with Gasteiger partial charge in [-0.05, 0) is 91.4 Å². The Balaban J connectivity index is 1.44. The smallest absolute Gasteiger partial charge is 0.272 e. The first-order chi connectivity index (χ1) is 19.4. The summed E-state index contributed by atoms with van der Waals surface area (Å²) in [5, 5.41) is 5.53. The van der Waals surface area contributed by atoms with Gasteiger partial charge in [0.1, 0.15) is 17.3 Å². The predicted molar refractivity (Wildman–Crippen MR) is 156 cm³/mol. The standard InChI is InChI=1S/C32H27FN2O4S/c1-2-39-27-16-8-22(9-17-27)20-29(35-31(37)24-6-4-3-5-7-24)32(38)34-26-14-18-28(19-15-26)40-21-30(36)23-10-12-25(33)13-11-23/h3-20H,2,21H2,1H3,(H,34,38)(H,35,37)/b29-20-. The number of ether oxygens (including phenoxy) is 1. The Hall–Kier alpha value is -4.69. The summed E-state index contributed by atoms with van der Waals surface area (Å²) in [6.07, 6.45) is 1.59. The number of carbonyl (C=O) groups excluding carboxylic acids is 3. The number of nitrogens with one attached hydrogen (secondary N) is 2. The van der Waals surface area contributed by atoms with Crippen LogP contribution in [0.2, 0.25) is 0 Å². The zero-order chi connectivity index (χ0) is 28.3. The van der Waals surface area contributed by atoms with Gasteiger partial charge < -0.3 is 15.4 Å². The average Bonchev–Trinajstić information content (AvgIpc) is 2.98. The van der Waals surface area contributed by atoms with Crippen LogP contribution in [0.5, 0.6) is 5.75 Å². The summed E-state index contributed by atoms with van der Waals surface area (Å²) in [4.78, 5) is 39.3. The molecule has 0 aromatic heterocycles. The fourth-order valence-corrected chi connectivity index (χ4v) is 4.43. The van der Waals surface area contributed by atoms with Crippen molar-refractivity contribution in [3.05, 3.63) is 131 Å². The minimum Gasteiger partial charge on any atom is -0.494 e. The molecule has 2 amide bonds. The SMILES string of the molecule is CCOc1ccc(/C=C(\NC(=O)c2ccccc2)C(=O)Nc2ccc(SCC(=O)c3ccc(F)cc3)cc2)cc1. The monoisotopic (exact) mass is 554 g/mol. The van der Waals surface area contributed by atoms with Crippen LogP contribution in [-0.2, 0) is 4.79 Å². The fraction of sp³-hybridized carbons (Fsp3) is 0.0938. The van der Waals surface area contributed by atoms with Crippen LogP contribution >= 0.6 is 11.8 Å². The number of carbonyl (C=O) groups is 3. The number of hydrogen-bond acceptors (Lipinski definition) is 5. The van der Waals surface area contributed by atoms with E-state index in [1.165, 1.54) is 36.0 Å². The summed E-state index contributed by atoms with van der Waals surface area (Å²) in [6.45, 7) is 2.44. The van der Waals surface area contributed by atoms with Gasteiger partial charge in [-0.2, -0.15) is 0 Å². The highest BCUT2D eigenvalue weighted by Gasteiger charge is 2.15. The molecule has 0 fully saturated rings. The third-order valence-electron chi connectivity index (χ3n) is 5.68. The molecule has 0 aliphatic rings. The van der Waals surface area contributed by atoms with Crippen LogP contribution in [0.4, 0.5) is 10.1 Å². The van der Waals surface area contributed by atoms with Gasteiger partial charge in [0.05, 0.1) is 12.4 Å². The van der Waals surface area contributed by atoms with Crippen molar-refractivity contribution in [1.29, 1.82) is 0 Å². The zero-order valence-electron chi connectivity index (χ0n) is 21.7. The predicted octanol–water partition coefficient (Wildman–Crippen LogP) is 6.61. The number of halogens is 1. The van der Waals surface area contributed by atoms with E-state index in [1.54, 1.807) is 84.9 Å². The van der Waals surface area contributed by atoms with E-state index in [4.69, 9.17) is 4.74 Å². The van der Waals surface area contributed by atoms with E-state index in [2.05, 4.69) is 10.6 Å². The normalized spacial score (nSPS) is 11.0.